The van der Waals surface area contributed by atoms with Crippen molar-refractivity contribution in [3.05, 3.63) is 58.1 Å². The first-order valence-electron chi connectivity index (χ1n) is 8.73. The van der Waals surface area contributed by atoms with Crippen molar-refractivity contribution in [1.82, 2.24) is 0 Å². The molecule has 2 aromatic rings. The Balaban J connectivity index is 2.27. The van der Waals surface area contributed by atoms with Gasteiger partial charge in [-0.2, -0.15) is 0 Å². The minimum absolute atomic E-state index is 0.106. The Morgan fingerprint density at radius 3 is 2.26 bits per heavy atom. The SMILES string of the molecule is CCSc1cc(C)c(CC(C)Sc2cc(C)ccc2C(=O)O)cc1C(=O)O. The van der Waals surface area contributed by atoms with E-state index in [4.69, 9.17) is 0 Å². The fourth-order valence-electron chi connectivity index (χ4n) is 2.86. The lowest BCUT2D eigenvalue weighted by atomic mass is 10.0. The maximum atomic E-state index is 11.6. The van der Waals surface area contributed by atoms with E-state index in [9.17, 15) is 19.8 Å². The van der Waals surface area contributed by atoms with Crippen LogP contribution in [-0.2, 0) is 6.42 Å². The highest BCUT2D eigenvalue weighted by Gasteiger charge is 2.17. The van der Waals surface area contributed by atoms with E-state index in [1.807, 2.05) is 39.8 Å². The highest BCUT2D eigenvalue weighted by atomic mass is 32.2. The molecule has 0 amide bonds. The van der Waals surface area contributed by atoms with Crippen LogP contribution in [-0.4, -0.2) is 33.2 Å². The Hall–Kier alpha value is -1.92. The second-order valence-corrected chi connectivity index (χ2v) is 9.24. The molecule has 0 aliphatic heterocycles. The Morgan fingerprint density at radius 2 is 1.67 bits per heavy atom. The molecular formula is C21H24O4S2. The summed E-state index contributed by atoms with van der Waals surface area (Å²) < 4.78 is 0. The van der Waals surface area contributed by atoms with E-state index in [0.717, 1.165) is 32.2 Å². The number of aryl methyl sites for hydroxylation is 2. The molecule has 27 heavy (non-hydrogen) atoms. The molecule has 6 heteroatoms. The molecule has 0 heterocycles. The van der Waals surface area contributed by atoms with Crippen LogP contribution in [0.1, 0.15) is 51.3 Å². The van der Waals surface area contributed by atoms with E-state index < -0.39 is 11.9 Å². The van der Waals surface area contributed by atoms with Gasteiger partial charge in [-0.05, 0) is 67.0 Å². The van der Waals surface area contributed by atoms with Crippen LogP contribution in [0, 0.1) is 13.8 Å². The lowest BCUT2D eigenvalue weighted by Gasteiger charge is -2.17. The van der Waals surface area contributed by atoms with Gasteiger partial charge in [0.05, 0.1) is 11.1 Å². The van der Waals surface area contributed by atoms with Crippen molar-refractivity contribution in [2.45, 2.75) is 49.2 Å². The van der Waals surface area contributed by atoms with Crippen molar-refractivity contribution < 1.29 is 19.8 Å². The average Bonchev–Trinajstić information content (AvgIpc) is 2.56. The first kappa shape index (κ1) is 21.4. The quantitative estimate of drug-likeness (QED) is 0.563. The molecule has 144 valence electrons. The number of carboxylic acid groups (broad SMARTS) is 2. The summed E-state index contributed by atoms with van der Waals surface area (Å²) in [6, 6.07) is 9.03. The lowest BCUT2D eigenvalue weighted by Crippen LogP contribution is -2.08. The lowest BCUT2D eigenvalue weighted by molar-refractivity contribution is 0.0682. The van der Waals surface area contributed by atoms with Crippen molar-refractivity contribution in [1.29, 1.82) is 0 Å². The van der Waals surface area contributed by atoms with E-state index in [1.165, 1.54) is 23.5 Å². The summed E-state index contributed by atoms with van der Waals surface area (Å²) in [4.78, 5) is 24.6. The molecule has 2 rings (SSSR count). The predicted molar refractivity (Wildman–Crippen MR) is 112 cm³/mol. The van der Waals surface area contributed by atoms with Gasteiger partial charge < -0.3 is 10.2 Å². The van der Waals surface area contributed by atoms with E-state index in [1.54, 1.807) is 18.2 Å². The molecule has 2 N–H and O–H groups in total. The van der Waals surface area contributed by atoms with Crippen molar-refractivity contribution >= 4 is 35.5 Å². The molecule has 0 saturated carbocycles. The largest absolute Gasteiger partial charge is 0.478 e. The molecule has 0 spiro atoms. The molecule has 0 saturated heterocycles. The first-order chi connectivity index (χ1) is 12.7. The van der Waals surface area contributed by atoms with Gasteiger partial charge in [0.25, 0.3) is 0 Å². The van der Waals surface area contributed by atoms with Gasteiger partial charge in [0.15, 0.2) is 0 Å². The highest BCUT2D eigenvalue weighted by molar-refractivity contribution is 8.00. The van der Waals surface area contributed by atoms with Crippen LogP contribution in [0.3, 0.4) is 0 Å². The van der Waals surface area contributed by atoms with Crippen molar-refractivity contribution in [3.8, 4) is 0 Å². The average molecular weight is 405 g/mol. The number of rotatable bonds is 8. The fourth-order valence-corrected chi connectivity index (χ4v) is 4.97. The van der Waals surface area contributed by atoms with Crippen LogP contribution in [0.25, 0.3) is 0 Å². The summed E-state index contributed by atoms with van der Waals surface area (Å²) in [5, 5.41) is 19.0. The Kier molecular flexibility index (Phi) is 7.39. The number of carbonyl (C=O) groups is 2. The Bertz CT molecular complexity index is 862. The number of thioether (sulfide) groups is 2. The first-order valence-corrected chi connectivity index (χ1v) is 10.6. The van der Waals surface area contributed by atoms with Crippen LogP contribution in [0.4, 0.5) is 0 Å². The van der Waals surface area contributed by atoms with Gasteiger partial charge in [-0.15, -0.1) is 23.5 Å². The Labute approximate surface area is 168 Å². The molecule has 0 fully saturated rings. The third-order valence-electron chi connectivity index (χ3n) is 4.17. The zero-order valence-electron chi connectivity index (χ0n) is 15.9. The number of benzene rings is 2. The molecule has 1 unspecified atom stereocenters. The van der Waals surface area contributed by atoms with E-state index in [2.05, 4.69) is 0 Å². The van der Waals surface area contributed by atoms with Crippen LogP contribution in [0.5, 0.6) is 0 Å². The molecular weight excluding hydrogens is 380 g/mol. The summed E-state index contributed by atoms with van der Waals surface area (Å²) in [5.41, 5.74) is 3.69. The van der Waals surface area contributed by atoms with Gasteiger partial charge in [-0.3, -0.25) is 0 Å². The van der Waals surface area contributed by atoms with Crippen molar-refractivity contribution in [2.24, 2.45) is 0 Å². The zero-order chi connectivity index (χ0) is 20.1. The highest BCUT2D eigenvalue weighted by Crippen LogP contribution is 2.32. The van der Waals surface area contributed by atoms with Crippen LogP contribution >= 0.6 is 23.5 Å². The minimum Gasteiger partial charge on any atom is -0.478 e. The number of hydrogen-bond donors (Lipinski definition) is 2. The molecule has 0 bridgehead atoms. The Morgan fingerprint density at radius 1 is 1.00 bits per heavy atom. The molecule has 0 aromatic heterocycles. The molecule has 4 nitrogen and oxygen atoms in total. The zero-order valence-corrected chi connectivity index (χ0v) is 17.5. The second-order valence-electron chi connectivity index (χ2n) is 6.45. The van der Waals surface area contributed by atoms with Crippen LogP contribution < -0.4 is 0 Å². The smallest absolute Gasteiger partial charge is 0.336 e. The third-order valence-corrected chi connectivity index (χ3v) is 6.27. The van der Waals surface area contributed by atoms with Gasteiger partial charge in [0, 0.05) is 15.0 Å². The van der Waals surface area contributed by atoms with Gasteiger partial charge >= 0.3 is 11.9 Å². The number of aromatic carboxylic acids is 2. The molecule has 0 radical (unpaired) electrons. The molecule has 0 aliphatic carbocycles. The second kappa shape index (κ2) is 9.33. The minimum atomic E-state index is -0.935. The standard InChI is InChI=1S/C21H24O4S2/c1-5-26-18-9-13(3)15(11-17(18)21(24)25)10-14(4)27-19-8-12(2)6-7-16(19)20(22)23/h6-9,11,14H,5,10H2,1-4H3,(H,22,23)(H,24,25). The van der Waals surface area contributed by atoms with Crippen LogP contribution in [0.2, 0.25) is 0 Å². The van der Waals surface area contributed by atoms with Gasteiger partial charge in [-0.25, -0.2) is 9.59 Å². The van der Waals surface area contributed by atoms with Crippen LogP contribution in [0.15, 0.2) is 40.1 Å². The van der Waals surface area contributed by atoms with Crippen molar-refractivity contribution in [2.75, 3.05) is 5.75 Å². The van der Waals surface area contributed by atoms with Gasteiger partial charge in [0.1, 0.15) is 0 Å². The summed E-state index contributed by atoms with van der Waals surface area (Å²) in [5.74, 6) is -1.04. The monoisotopic (exact) mass is 404 g/mol. The number of carboxylic acids is 2. The van der Waals surface area contributed by atoms with E-state index in [-0.39, 0.29) is 5.25 Å². The van der Waals surface area contributed by atoms with Gasteiger partial charge in [-0.1, -0.05) is 19.9 Å². The normalized spacial score (nSPS) is 12.0. The van der Waals surface area contributed by atoms with E-state index in [0.29, 0.717) is 17.5 Å². The maximum absolute atomic E-state index is 11.6. The summed E-state index contributed by atoms with van der Waals surface area (Å²) >= 11 is 3.04. The topological polar surface area (TPSA) is 74.6 Å². The molecule has 1 atom stereocenters. The third kappa shape index (κ3) is 5.53. The molecule has 0 aliphatic rings. The molecule has 2 aromatic carbocycles. The number of hydrogen-bond acceptors (Lipinski definition) is 4. The summed E-state index contributed by atoms with van der Waals surface area (Å²) in [6.45, 7) is 7.97. The summed E-state index contributed by atoms with van der Waals surface area (Å²) in [6.07, 6.45) is 0.668. The summed E-state index contributed by atoms with van der Waals surface area (Å²) in [7, 11) is 0. The fraction of sp³-hybridized carbons (Fsp3) is 0.333. The van der Waals surface area contributed by atoms with E-state index >= 15 is 0 Å². The van der Waals surface area contributed by atoms with Gasteiger partial charge in [0.2, 0.25) is 0 Å². The maximum Gasteiger partial charge on any atom is 0.336 e. The van der Waals surface area contributed by atoms with Crippen molar-refractivity contribution in [3.63, 3.8) is 0 Å². The predicted octanol–water partition coefficient (Wildman–Crippen LogP) is 5.54.